The number of ether oxygens (including phenoxy) is 3. The molecule has 0 spiro atoms. The summed E-state index contributed by atoms with van der Waals surface area (Å²) in [5.41, 5.74) is 2.15. The third-order valence-corrected chi connectivity index (χ3v) is 7.81. The van der Waals surface area contributed by atoms with Crippen LogP contribution >= 0.6 is 34.8 Å². The second kappa shape index (κ2) is 19.2. The number of benzene rings is 2. The molecule has 0 atom stereocenters. The van der Waals surface area contributed by atoms with Crippen LogP contribution in [0.4, 0.5) is 0 Å². The number of aliphatic hydroxyl groups is 1. The molecule has 0 bridgehead atoms. The average molecular weight is 643 g/mol. The number of carbonyl (C=O) groups is 2. The number of hydrogen-bond donors (Lipinski definition) is 2. The summed E-state index contributed by atoms with van der Waals surface area (Å²) >= 11 is 16.3. The quantitative estimate of drug-likeness (QED) is 0.139. The molecule has 2 aromatic carbocycles. The lowest BCUT2D eigenvalue weighted by Crippen LogP contribution is -2.24. The lowest BCUT2D eigenvalue weighted by Gasteiger charge is -2.27. The lowest BCUT2D eigenvalue weighted by molar-refractivity contribution is -0.147. The highest BCUT2D eigenvalue weighted by molar-refractivity contribution is 6.76. The van der Waals surface area contributed by atoms with E-state index in [2.05, 4.69) is 16.9 Å². The molecule has 232 valence electrons. The maximum Gasteiger partial charge on any atom is 0.308 e. The molecule has 2 aliphatic rings. The first-order chi connectivity index (χ1) is 20.0. The summed E-state index contributed by atoms with van der Waals surface area (Å²) in [6, 6.07) is 19.6. The number of methoxy groups -OCH3 is 1. The van der Waals surface area contributed by atoms with Crippen molar-refractivity contribution in [1.29, 1.82) is 5.41 Å². The predicted octanol–water partition coefficient (Wildman–Crippen LogP) is 7.61. The summed E-state index contributed by atoms with van der Waals surface area (Å²) in [4.78, 5) is 22.2. The molecule has 0 unspecified atom stereocenters. The van der Waals surface area contributed by atoms with Crippen LogP contribution in [0.25, 0.3) is 0 Å². The van der Waals surface area contributed by atoms with Crippen molar-refractivity contribution in [2.45, 2.75) is 87.5 Å². The van der Waals surface area contributed by atoms with E-state index < -0.39 is 3.79 Å². The van der Waals surface area contributed by atoms with Gasteiger partial charge in [-0.05, 0) is 69.4 Å². The van der Waals surface area contributed by atoms with Gasteiger partial charge < -0.3 is 19.3 Å². The third-order valence-electron chi connectivity index (χ3n) is 7.29. The summed E-state index contributed by atoms with van der Waals surface area (Å²) in [5, 5.41) is 16.4. The van der Waals surface area contributed by atoms with E-state index in [-0.39, 0.29) is 36.4 Å². The number of aliphatic hydroxyl groups excluding tert-OH is 1. The molecule has 2 saturated carbocycles. The van der Waals surface area contributed by atoms with Crippen LogP contribution in [-0.2, 0) is 37.0 Å². The molecule has 0 saturated heterocycles. The number of nitrogens with one attached hydrogen (secondary N) is 1. The second-order valence-corrected chi connectivity index (χ2v) is 12.8. The number of rotatable bonds is 7. The van der Waals surface area contributed by atoms with Crippen LogP contribution in [0.5, 0.6) is 0 Å². The first-order valence-corrected chi connectivity index (χ1v) is 15.4. The molecule has 0 heterocycles. The Balaban J connectivity index is 0.000000226. The van der Waals surface area contributed by atoms with Gasteiger partial charge in [0.15, 0.2) is 0 Å². The Hall–Kier alpha value is -2.16. The highest BCUT2D eigenvalue weighted by Gasteiger charge is 2.28. The molecule has 0 aliphatic heterocycles. The largest absolute Gasteiger partial charge is 0.473 e. The van der Waals surface area contributed by atoms with E-state index in [4.69, 9.17) is 54.8 Å². The summed E-state index contributed by atoms with van der Waals surface area (Å²) < 4.78 is 13.7. The Morgan fingerprint density at radius 3 is 1.74 bits per heavy atom. The van der Waals surface area contributed by atoms with Crippen molar-refractivity contribution in [3.8, 4) is 0 Å². The fourth-order valence-electron chi connectivity index (χ4n) is 4.71. The Kier molecular flexibility index (Phi) is 16.5. The normalized spacial score (nSPS) is 21.9. The zero-order chi connectivity index (χ0) is 31.0. The molecular formula is C32H42Cl3NO6. The van der Waals surface area contributed by atoms with Gasteiger partial charge in [0.25, 0.3) is 3.79 Å². The van der Waals surface area contributed by atoms with E-state index in [9.17, 15) is 9.59 Å². The Morgan fingerprint density at radius 2 is 1.29 bits per heavy atom. The van der Waals surface area contributed by atoms with E-state index in [0.717, 1.165) is 56.9 Å². The number of ketones is 1. The van der Waals surface area contributed by atoms with Crippen molar-refractivity contribution in [3.05, 3.63) is 71.8 Å². The first kappa shape index (κ1) is 36.0. The zero-order valence-corrected chi connectivity index (χ0v) is 26.5. The summed E-state index contributed by atoms with van der Waals surface area (Å²) in [6.45, 7) is 2.62. The molecule has 0 amide bonds. The molecule has 0 radical (unpaired) electrons. The van der Waals surface area contributed by atoms with Gasteiger partial charge in [0.1, 0.15) is 12.4 Å². The minimum atomic E-state index is -1.78. The van der Waals surface area contributed by atoms with Crippen molar-refractivity contribution in [3.63, 3.8) is 0 Å². The summed E-state index contributed by atoms with van der Waals surface area (Å²) in [6.07, 6.45) is 7.19. The van der Waals surface area contributed by atoms with Gasteiger partial charge in [-0.1, -0.05) is 95.5 Å². The molecule has 7 nitrogen and oxygen atoms in total. The third kappa shape index (κ3) is 14.3. The number of esters is 1. The van der Waals surface area contributed by atoms with Crippen molar-refractivity contribution in [2.75, 3.05) is 7.11 Å². The van der Waals surface area contributed by atoms with Gasteiger partial charge >= 0.3 is 5.97 Å². The molecule has 10 heteroatoms. The van der Waals surface area contributed by atoms with E-state index in [1.807, 2.05) is 48.5 Å². The van der Waals surface area contributed by atoms with Gasteiger partial charge in [0.2, 0.25) is 5.90 Å². The van der Waals surface area contributed by atoms with E-state index in [1.165, 1.54) is 12.7 Å². The second-order valence-electron chi connectivity index (χ2n) is 10.5. The monoisotopic (exact) mass is 641 g/mol. The van der Waals surface area contributed by atoms with Crippen molar-refractivity contribution < 1.29 is 28.9 Å². The van der Waals surface area contributed by atoms with Crippen LogP contribution in [-0.4, -0.2) is 45.9 Å². The fraction of sp³-hybridized carbons (Fsp3) is 0.531. The van der Waals surface area contributed by atoms with Gasteiger partial charge in [0, 0.05) is 5.92 Å². The van der Waals surface area contributed by atoms with Crippen LogP contribution < -0.4 is 0 Å². The predicted molar refractivity (Wildman–Crippen MR) is 167 cm³/mol. The molecule has 2 N–H and O–H groups in total. The van der Waals surface area contributed by atoms with Gasteiger partial charge in [-0.2, -0.15) is 0 Å². The summed E-state index contributed by atoms with van der Waals surface area (Å²) in [7, 11) is 1.41. The van der Waals surface area contributed by atoms with Crippen molar-refractivity contribution >= 4 is 52.5 Å². The van der Waals surface area contributed by atoms with Gasteiger partial charge in [-0.25, -0.2) is 0 Å². The molecular weight excluding hydrogens is 601 g/mol. The smallest absolute Gasteiger partial charge is 0.308 e. The maximum absolute atomic E-state index is 11.2. The van der Waals surface area contributed by atoms with Crippen LogP contribution in [0.15, 0.2) is 60.7 Å². The molecule has 2 aromatic rings. The lowest BCUT2D eigenvalue weighted by atomic mass is 9.85. The topological polar surface area (TPSA) is 106 Å². The van der Waals surface area contributed by atoms with Crippen LogP contribution in [0, 0.1) is 17.2 Å². The minimum absolute atomic E-state index is 0.0309. The van der Waals surface area contributed by atoms with Gasteiger partial charge in [-0.15, -0.1) is 0 Å². The highest BCUT2D eigenvalue weighted by atomic mass is 35.6. The standard InChI is InChI=1S/C15H20O2.C9H8Cl3NO.C8H14O3/c1-12(16)14-7-9-15(10-8-14)17-11-13-5-3-2-4-6-13;10-9(11,12)8(13)14-6-7-4-2-1-3-5-7;1-11-8(10)6-2-4-7(9)5-3-6/h2-6,14-15H,7-11H2,1H3;1-5,13H,6H2;6-7,9H,2-5H2,1H3. The minimum Gasteiger partial charge on any atom is -0.473 e. The molecule has 4 rings (SSSR count). The van der Waals surface area contributed by atoms with Crippen molar-refractivity contribution in [1.82, 2.24) is 0 Å². The van der Waals surface area contributed by atoms with E-state index in [1.54, 1.807) is 6.92 Å². The van der Waals surface area contributed by atoms with Crippen LogP contribution in [0.1, 0.15) is 69.4 Å². The van der Waals surface area contributed by atoms with Crippen molar-refractivity contribution in [2.24, 2.45) is 11.8 Å². The molecule has 42 heavy (non-hydrogen) atoms. The first-order valence-electron chi connectivity index (χ1n) is 14.2. The Labute approximate surface area is 264 Å². The Bertz CT molecular complexity index is 1060. The fourth-order valence-corrected chi connectivity index (χ4v) is 4.88. The highest BCUT2D eigenvalue weighted by Crippen LogP contribution is 2.29. The van der Waals surface area contributed by atoms with Crippen LogP contribution in [0.2, 0.25) is 0 Å². The number of hydrogen-bond acceptors (Lipinski definition) is 7. The molecule has 2 fully saturated rings. The maximum atomic E-state index is 11.2. The summed E-state index contributed by atoms with van der Waals surface area (Å²) in [5.74, 6) is 0.157. The zero-order valence-electron chi connectivity index (χ0n) is 24.3. The van der Waals surface area contributed by atoms with Gasteiger partial charge in [0.05, 0.1) is 31.8 Å². The molecule has 0 aromatic heterocycles. The van der Waals surface area contributed by atoms with E-state index >= 15 is 0 Å². The molecule has 2 aliphatic carbocycles. The number of alkyl halides is 3. The van der Waals surface area contributed by atoms with E-state index in [0.29, 0.717) is 18.5 Å². The van der Waals surface area contributed by atoms with Gasteiger partial charge in [-0.3, -0.25) is 15.0 Å². The number of carbonyl (C=O) groups excluding carboxylic acids is 2. The number of Topliss-reactive ketones (excluding diaryl/α,β-unsaturated/α-hetero) is 1. The van der Waals surface area contributed by atoms with Crippen LogP contribution in [0.3, 0.4) is 0 Å². The average Bonchev–Trinajstić information content (AvgIpc) is 3.00. The SMILES string of the molecule is CC(=O)C1CCC(OCc2ccccc2)CC1.COC(=O)C1CCC(O)CC1.N=C(OCc1ccccc1)C(Cl)(Cl)Cl. The number of halogens is 3. The Morgan fingerprint density at radius 1 is 0.810 bits per heavy atom.